The molecule has 0 atom stereocenters. The summed E-state index contributed by atoms with van der Waals surface area (Å²) >= 11 is 0. The third kappa shape index (κ3) is 3.02. The van der Waals surface area contributed by atoms with Crippen LogP contribution in [0.25, 0.3) is 0 Å². The number of nitrogens with two attached hydrogens (primary N) is 1. The summed E-state index contributed by atoms with van der Waals surface area (Å²) in [7, 11) is -3.71. The lowest BCUT2D eigenvalue weighted by Crippen LogP contribution is -2.18. The molecule has 0 fully saturated rings. The van der Waals surface area contributed by atoms with Crippen molar-refractivity contribution in [3.63, 3.8) is 0 Å². The van der Waals surface area contributed by atoms with Gasteiger partial charge in [-0.05, 0) is 51.0 Å². The van der Waals surface area contributed by atoms with E-state index in [1.165, 1.54) is 6.07 Å². The molecule has 1 aromatic heterocycles. The summed E-state index contributed by atoms with van der Waals surface area (Å²) in [5.74, 6) is 0.435. The van der Waals surface area contributed by atoms with E-state index in [1.807, 2.05) is 20.8 Å². The number of benzene rings is 1. The van der Waals surface area contributed by atoms with Crippen LogP contribution in [0.2, 0.25) is 0 Å². The second-order valence-corrected chi connectivity index (χ2v) is 6.97. The van der Waals surface area contributed by atoms with Gasteiger partial charge in [0.1, 0.15) is 5.82 Å². The van der Waals surface area contributed by atoms with Crippen molar-refractivity contribution < 1.29 is 8.42 Å². The first-order valence-corrected chi connectivity index (χ1v) is 8.13. The Labute approximate surface area is 125 Å². The standard InChI is InChI=1S/C14H20N4O2S/c1-9(2)18-14(5-6-16-18)17-21(19,20)13-8-12(15)7-10(3)11(13)4/h5-9,17H,15H2,1-4H3. The van der Waals surface area contributed by atoms with E-state index >= 15 is 0 Å². The van der Waals surface area contributed by atoms with E-state index in [-0.39, 0.29) is 10.9 Å². The van der Waals surface area contributed by atoms with Crippen LogP contribution in [0.4, 0.5) is 11.5 Å². The van der Waals surface area contributed by atoms with Crippen molar-refractivity contribution >= 4 is 21.5 Å². The lowest BCUT2D eigenvalue weighted by Gasteiger charge is -2.15. The van der Waals surface area contributed by atoms with Crippen molar-refractivity contribution in [2.75, 3.05) is 10.5 Å². The molecule has 114 valence electrons. The molecule has 2 aromatic rings. The molecule has 0 aliphatic rings. The quantitative estimate of drug-likeness (QED) is 0.849. The van der Waals surface area contributed by atoms with Gasteiger partial charge in [0.15, 0.2) is 0 Å². The number of nitrogen functional groups attached to an aromatic ring is 1. The largest absolute Gasteiger partial charge is 0.399 e. The van der Waals surface area contributed by atoms with Crippen LogP contribution in [0.1, 0.15) is 31.0 Å². The molecule has 0 amide bonds. The van der Waals surface area contributed by atoms with Gasteiger partial charge in [-0.3, -0.25) is 4.72 Å². The Bertz CT molecular complexity index is 763. The van der Waals surface area contributed by atoms with E-state index in [9.17, 15) is 8.42 Å². The molecule has 0 aliphatic carbocycles. The van der Waals surface area contributed by atoms with Gasteiger partial charge in [-0.25, -0.2) is 13.1 Å². The summed E-state index contributed by atoms with van der Waals surface area (Å²) in [5, 5.41) is 4.12. The summed E-state index contributed by atoms with van der Waals surface area (Å²) in [6, 6.07) is 4.92. The minimum absolute atomic E-state index is 0.0568. The van der Waals surface area contributed by atoms with E-state index in [2.05, 4.69) is 9.82 Å². The van der Waals surface area contributed by atoms with E-state index in [1.54, 1.807) is 29.9 Å². The first-order valence-electron chi connectivity index (χ1n) is 6.65. The van der Waals surface area contributed by atoms with Crippen molar-refractivity contribution in [3.8, 4) is 0 Å². The molecule has 7 heteroatoms. The number of rotatable bonds is 4. The van der Waals surface area contributed by atoms with Crippen molar-refractivity contribution in [3.05, 3.63) is 35.5 Å². The molecule has 21 heavy (non-hydrogen) atoms. The molecular weight excluding hydrogens is 288 g/mol. The van der Waals surface area contributed by atoms with E-state index in [0.29, 0.717) is 17.1 Å². The molecule has 0 aliphatic heterocycles. The highest BCUT2D eigenvalue weighted by Crippen LogP contribution is 2.25. The van der Waals surface area contributed by atoms with Gasteiger partial charge in [0.05, 0.1) is 11.1 Å². The van der Waals surface area contributed by atoms with Crippen molar-refractivity contribution in [1.29, 1.82) is 0 Å². The number of aromatic nitrogens is 2. The average Bonchev–Trinajstić information content (AvgIpc) is 2.81. The van der Waals surface area contributed by atoms with Gasteiger partial charge in [0.25, 0.3) is 10.0 Å². The molecule has 0 spiro atoms. The van der Waals surface area contributed by atoms with Gasteiger partial charge in [0, 0.05) is 17.8 Å². The van der Waals surface area contributed by atoms with Crippen molar-refractivity contribution in [2.45, 2.75) is 38.6 Å². The van der Waals surface area contributed by atoms with Crippen LogP contribution < -0.4 is 10.5 Å². The van der Waals surface area contributed by atoms with Gasteiger partial charge in [-0.1, -0.05) is 0 Å². The SMILES string of the molecule is Cc1cc(N)cc(S(=O)(=O)Nc2ccnn2C(C)C)c1C. The Balaban J connectivity index is 2.46. The maximum Gasteiger partial charge on any atom is 0.263 e. The third-order valence-corrected chi connectivity index (χ3v) is 4.81. The van der Waals surface area contributed by atoms with Gasteiger partial charge in [-0.15, -0.1) is 0 Å². The number of anilines is 2. The number of aryl methyl sites for hydroxylation is 1. The monoisotopic (exact) mass is 308 g/mol. The lowest BCUT2D eigenvalue weighted by atomic mass is 10.1. The Morgan fingerprint density at radius 2 is 1.95 bits per heavy atom. The van der Waals surface area contributed by atoms with Crippen LogP contribution in [-0.2, 0) is 10.0 Å². The van der Waals surface area contributed by atoms with Gasteiger partial charge in [0.2, 0.25) is 0 Å². The van der Waals surface area contributed by atoms with Crippen LogP contribution in [0.3, 0.4) is 0 Å². The fraction of sp³-hybridized carbons (Fsp3) is 0.357. The highest BCUT2D eigenvalue weighted by Gasteiger charge is 2.21. The van der Waals surface area contributed by atoms with E-state index < -0.39 is 10.0 Å². The Morgan fingerprint density at radius 1 is 1.29 bits per heavy atom. The van der Waals surface area contributed by atoms with Gasteiger partial charge in [-0.2, -0.15) is 5.10 Å². The maximum atomic E-state index is 12.6. The fourth-order valence-electron chi connectivity index (χ4n) is 2.13. The molecule has 0 radical (unpaired) electrons. The summed E-state index contributed by atoms with van der Waals surface area (Å²) in [5.41, 5.74) is 7.72. The Kier molecular flexibility index (Phi) is 3.95. The number of sulfonamides is 1. The zero-order valence-electron chi connectivity index (χ0n) is 12.6. The highest BCUT2D eigenvalue weighted by atomic mass is 32.2. The summed E-state index contributed by atoms with van der Waals surface area (Å²) in [6.07, 6.45) is 1.56. The van der Waals surface area contributed by atoms with Crippen molar-refractivity contribution in [2.24, 2.45) is 0 Å². The Morgan fingerprint density at radius 3 is 2.57 bits per heavy atom. The number of hydrogen-bond acceptors (Lipinski definition) is 4. The summed E-state index contributed by atoms with van der Waals surface area (Å²) in [6.45, 7) is 7.47. The molecular formula is C14H20N4O2S. The van der Waals surface area contributed by atoms with Crippen LogP contribution in [0.15, 0.2) is 29.3 Å². The van der Waals surface area contributed by atoms with E-state index in [0.717, 1.165) is 5.56 Å². The van der Waals surface area contributed by atoms with E-state index in [4.69, 9.17) is 5.73 Å². The molecule has 6 nitrogen and oxygen atoms in total. The molecule has 0 saturated heterocycles. The molecule has 0 bridgehead atoms. The summed E-state index contributed by atoms with van der Waals surface area (Å²) < 4.78 is 29.4. The smallest absolute Gasteiger partial charge is 0.263 e. The highest BCUT2D eigenvalue weighted by molar-refractivity contribution is 7.92. The van der Waals surface area contributed by atoms with Gasteiger partial charge >= 0.3 is 0 Å². The second-order valence-electron chi connectivity index (χ2n) is 5.32. The molecule has 3 N–H and O–H groups in total. The fourth-order valence-corrected chi connectivity index (χ4v) is 3.53. The minimum atomic E-state index is -3.71. The van der Waals surface area contributed by atoms with Crippen LogP contribution in [0.5, 0.6) is 0 Å². The molecule has 2 rings (SSSR count). The molecule has 1 heterocycles. The first-order chi connectivity index (χ1) is 9.72. The topological polar surface area (TPSA) is 90.0 Å². The molecule has 0 unspecified atom stereocenters. The average molecular weight is 308 g/mol. The lowest BCUT2D eigenvalue weighted by molar-refractivity contribution is 0.539. The predicted molar refractivity (Wildman–Crippen MR) is 83.7 cm³/mol. The Hall–Kier alpha value is -2.02. The zero-order valence-corrected chi connectivity index (χ0v) is 13.4. The predicted octanol–water partition coefficient (Wildman–Crippen LogP) is 2.46. The summed E-state index contributed by atoms with van der Waals surface area (Å²) in [4.78, 5) is 0.191. The zero-order chi connectivity index (χ0) is 15.8. The number of hydrogen-bond donors (Lipinski definition) is 2. The maximum absolute atomic E-state index is 12.6. The normalized spacial score (nSPS) is 11.9. The van der Waals surface area contributed by atoms with Gasteiger partial charge < -0.3 is 5.73 Å². The molecule has 1 aromatic carbocycles. The van der Waals surface area contributed by atoms with Crippen molar-refractivity contribution in [1.82, 2.24) is 9.78 Å². The molecule has 0 saturated carbocycles. The second kappa shape index (κ2) is 5.40. The number of nitrogens with zero attached hydrogens (tertiary/aromatic N) is 2. The van der Waals surface area contributed by atoms with Crippen LogP contribution in [-0.4, -0.2) is 18.2 Å². The third-order valence-electron chi connectivity index (χ3n) is 3.33. The first kappa shape index (κ1) is 15.4. The number of nitrogens with one attached hydrogen (secondary N) is 1. The van der Waals surface area contributed by atoms with Crippen LogP contribution in [0, 0.1) is 13.8 Å². The van der Waals surface area contributed by atoms with Crippen LogP contribution >= 0.6 is 0 Å². The minimum Gasteiger partial charge on any atom is -0.399 e.